The number of ether oxygens (including phenoxy) is 1. The van der Waals surface area contributed by atoms with E-state index in [1.165, 1.54) is 6.26 Å². The third kappa shape index (κ3) is 10.9. The maximum atomic E-state index is 11.3. The minimum Gasteiger partial charge on any atom is -0.372 e. The van der Waals surface area contributed by atoms with Crippen molar-refractivity contribution in [3.8, 4) is 0 Å². The van der Waals surface area contributed by atoms with E-state index in [-0.39, 0.29) is 35.8 Å². The second-order valence-electron chi connectivity index (χ2n) is 7.19. The molecule has 8 heteroatoms. The summed E-state index contributed by atoms with van der Waals surface area (Å²) in [5.41, 5.74) is 3.40. The maximum Gasteiger partial charge on any atom is 0.191 e. The van der Waals surface area contributed by atoms with Crippen LogP contribution >= 0.6 is 24.0 Å². The van der Waals surface area contributed by atoms with Gasteiger partial charge in [-0.3, -0.25) is 4.99 Å². The lowest BCUT2D eigenvalue weighted by Gasteiger charge is -2.18. The summed E-state index contributed by atoms with van der Waals surface area (Å²) < 4.78 is 28.4. The van der Waals surface area contributed by atoms with Crippen molar-refractivity contribution >= 4 is 39.8 Å². The van der Waals surface area contributed by atoms with Gasteiger partial charge in [-0.2, -0.15) is 0 Å². The molecule has 2 aromatic carbocycles. The Morgan fingerprint density at radius 1 is 1.03 bits per heavy atom. The van der Waals surface area contributed by atoms with Crippen LogP contribution in [0.4, 0.5) is 0 Å². The van der Waals surface area contributed by atoms with Crippen LogP contribution in [0.2, 0.25) is 0 Å². The Kier molecular flexibility index (Phi) is 12.0. The average molecular weight is 545 g/mol. The molecule has 0 saturated heterocycles. The first-order valence-corrected chi connectivity index (χ1v) is 11.8. The summed E-state index contributed by atoms with van der Waals surface area (Å²) in [5, 5.41) is 6.50. The van der Waals surface area contributed by atoms with E-state index in [0.717, 1.165) is 16.7 Å². The topological polar surface area (TPSA) is 79.8 Å². The number of hydrogen-bond donors (Lipinski definition) is 2. The van der Waals surface area contributed by atoms with E-state index in [1.54, 1.807) is 7.05 Å². The Hall–Kier alpha value is -1.65. The first-order valence-electron chi connectivity index (χ1n) is 9.70. The zero-order valence-electron chi connectivity index (χ0n) is 17.8. The highest BCUT2D eigenvalue weighted by Gasteiger charge is 2.09. The summed E-state index contributed by atoms with van der Waals surface area (Å²) in [7, 11) is -1.26. The number of guanidine groups is 1. The third-order valence-electron chi connectivity index (χ3n) is 4.36. The van der Waals surface area contributed by atoms with Gasteiger partial charge < -0.3 is 15.4 Å². The second kappa shape index (κ2) is 13.6. The number of nitrogens with zero attached hydrogens (tertiary/aromatic N) is 1. The molecular formula is C22H32IN3O3S. The Morgan fingerprint density at radius 3 is 2.33 bits per heavy atom. The van der Waals surface area contributed by atoms with Crippen molar-refractivity contribution in [2.45, 2.75) is 39.1 Å². The highest BCUT2D eigenvalue weighted by atomic mass is 127. The summed E-state index contributed by atoms with van der Waals surface area (Å²) in [6.07, 6.45) is 1.79. The minimum atomic E-state index is -2.96. The van der Waals surface area contributed by atoms with Gasteiger partial charge in [-0.05, 0) is 30.0 Å². The smallest absolute Gasteiger partial charge is 0.191 e. The number of halogens is 1. The summed E-state index contributed by atoms with van der Waals surface area (Å²) in [4.78, 5) is 4.21. The molecule has 0 aliphatic carbocycles. The van der Waals surface area contributed by atoms with Gasteiger partial charge in [0.25, 0.3) is 0 Å². The van der Waals surface area contributed by atoms with Crippen LogP contribution in [0, 0.1) is 0 Å². The van der Waals surface area contributed by atoms with Gasteiger partial charge in [0.1, 0.15) is 9.84 Å². The molecule has 2 aromatic rings. The minimum absolute atomic E-state index is 0. The van der Waals surface area contributed by atoms with Gasteiger partial charge >= 0.3 is 0 Å². The lowest BCUT2D eigenvalue weighted by Crippen LogP contribution is -2.42. The molecule has 0 radical (unpaired) electrons. The van der Waals surface area contributed by atoms with E-state index < -0.39 is 9.84 Å². The van der Waals surface area contributed by atoms with Crippen molar-refractivity contribution in [2.75, 3.05) is 19.1 Å². The fraction of sp³-hybridized carbons (Fsp3) is 0.409. The Bertz CT molecular complexity index is 890. The van der Waals surface area contributed by atoms with Gasteiger partial charge in [-0.1, -0.05) is 54.6 Å². The second-order valence-corrected chi connectivity index (χ2v) is 9.45. The first-order chi connectivity index (χ1) is 13.9. The van der Waals surface area contributed by atoms with Crippen molar-refractivity contribution < 1.29 is 13.2 Å². The van der Waals surface area contributed by atoms with Gasteiger partial charge in [-0.15, -0.1) is 24.0 Å². The van der Waals surface area contributed by atoms with Crippen LogP contribution in [-0.2, 0) is 34.3 Å². The lowest BCUT2D eigenvalue weighted by molar-refractivity contribution is 0.107. The zero-order valence-corrected chi connectivity index (χ0v) is 20.9. The summed E-state index contributed by atoms with van der Waals surface area (Å²) in [6.45, 7) is 3.71. The van der Waals surface area contributed by atoms with Gasteiger partial charge in [-0.25, -0.2) is 8.42 Å². The highest BCUT2D eigenvalue weighted by molar-refractivity contribution is 14.0. The molecule has 0 amide bonds. The van der Waals surface area contributed by atoms with Crippen LogP contribution in [0.5, 0.6) is 0 Å². The normalized spacial score (nSPS) is 12.7. The van der Waals surface area contributed by atoms with Gasteiger partial charge in [0.05, 0.1) is 19.0 Å². The predicted octanol–water partition coefficient (Wildman–Crippen LogP) is 3.51. The molecule has 2 rings (SSSR count). The predicted molar refractivity (Wildman–Crippen MR) is 134 cm³/mol. The van der Waals surface area contributed by atoms with Crippen LogP contribution in [0.1, 0.15) is 30.0 Å². The molecular weight excluding hydrogens is 513 g/mol. The molecule has 30 heavy (non-hydrogen) atoms. The van der Waals surface area contributed by atoms with Crippen LogP contribution in [-0.4, -0.2) is 39.5 Å². The van der Waals surface area contributed by atoms with Gasteiger partial charge in [0, 0.05) is 25.9 Å². The van der Waals surface area contributed by atoms with Crippen LogP contribution < -0.4 is 10.6 Å². The quantitative estimate of drug-likeness (QED) is 0.272. The number of nitrogens with one attached hydrogen (secondary N) is 2. The Balaban J connectivity index is 0.00000450. The summed E-state index contributed by atoms with van der Waals surface area (Å²) >= 11 is 0. The van der Waals surface area contributed by atoms with E-state index in [9.17, 15) is 8.42 Å². The molecule has 0 aromatic heterocycles. The number of hydrogen-bond acceptors (Lipinski definition) is 4. The molecule has 1 unspecified atom stereocenters. The van der Waals surface area contributed by atoms with E-state index >= 15 is 0 Å². The van der Waals surface area contributed by atoms with Crippen molar-refractivity contribution in [3.05, 3.63) is 71.3 Å². The lowest BCUT2D eigenvalue weighted by atomic mass is 10.1. The van der Waals surface area contributed by atoms with E-state index in [2.05, 4.69) is 39.9 Å². The number of rotatable bonds is 10. The number of benzene rings is 2. The fourth-order valence-corrected chi connectivity index (χ4v) is 3.55. The molecule has 6 nitrogen and oxygen atoms in total. The summed E-state index contributed by atoms with van der Waals surface area (Å²) in [6, 6.07) is 18.3. The highest BCUT2D eigenvalue weighted by Crippen LogP contribution is 2.09. The van der Waals surface area contributed by atoms with Gasteiger partial charge in [0.15, 0.2) is 5.96 Å². The largest absolute Gasteiger partial charge is 0.372 e. The van der Waals surface area contributed by atoms with Gasteiger partial charge in [0.2, 0.25) is 0 Å². The standard InChI is InChI=1S/C22H31N3O3S.HI/c1-18(12-13-29(3,26)27)25-22(23-2)24-15-20-10-7-11-21(14-20)17-28-16-19-8-5-4-6-9-19;/h4-11,14,18H,12-13,15-17H2,1-3H3,(H2,23,24,25);1H. The van der Waals surface area contributed by atoms with Crippen molar-refractivity contribution in [2.24, 2.45) is 4.99 Å². The molecule has 2 N–H and O–H groups in total. The summed E-state index contributed by atoms with van der Waals surface area (Å²) in [5.74, 6) is 0.806. The molecule has 1 atom stereocenters. The van der Waals surface area contributed by atoms with Crippen molar-refractivity contribution in [1.29, 1.82) is 0 Å². The molecule has 0 aliphatic rings. The third-order valence-corrected chi connectivity index (χ3v) is 5.34. The Morgan fingerprint density at radius 2 is 1.67 bits per heavy atom. The zero-order chi connectivity index (χ0) is 21.1. The molecule has 0 bridgehead atoms. The molecule has 0 aliphatic heterocycles. The SMILES string of the molecule is CN=C(NCc1cccc(COCc2ccccc2)c1)NC(C)CCS(C)(=O)=O.I. The molecule has 166 valence electrons. The fourth-order valence-electron chi connectivity index (χ4n) is 2.77. The monoisotopic (exact) mass is 545 g/mol. The number of sulfone groups is 1. The van der Waals surface area contributed by atoms with E-state index in [0.29, 0.717) is 32.1 Å². The molecule has 0 spiro atoms. The molecule has 0 fully saturated rings. The molecule has 0 saturated carbocycles. The first kappa shape index (κ1) is 26.4. The van der Waals surface area contributed by atoms with Crippen LogP contribution in [0.15, 0.2) is 59.6 Å². The average Bonchev–Trinajstić information content (AvgIpc) is 2.70. The van der Waals surface area contributed by atoms with Crippen molar-refractivity contribution in [1.82, 2.24) is 10.6 Å². The van der Waals surface area contributed by atoms with Crippen LogP contribution in [0.25, 0.3) is 0 Å². The van der Waals surface area contributed by atoms with E-state index in [1.807, 2.05) is 37.3 Å². The van der Waals surface area contributed by atoms with E-state index in [4.69, 9.17) is 4.74 Å². The number of aliphatic imine (C=N–C) groups is 1. The maximum absolute atomic E-state index is 11.3. The van der Waals surface area contributed by atoms with Crippen LogP contribution in [0.3, 0.4) is 0 Å². The Labute approximate surface area is 197 Å². The molecule has 0 heterocycles. The van der Waals surface area contributed by atoms with Crippen molar-refractivity contribution in [3.63, 3.8) is 0 Å².